The van der Waals surface area contributed by atoms with Gasteiger partial charge >= 0.3 is 0 Å². The van der Waals surface area contributed by atoms with E-state index in [9.17, 15) is 0 Å². The number of rotatable bonds is 11. The predicted octanol–water partition coefficient (Wildman–Crippen LogP) is 21.7. The average Bonchev–Trinajstić information content (AvgIpc) is 4.20. The van der Waals surface area contributed by atoms with Crippen molar-refractivity contribution >= 4 is 99.9 Å². The van der Waals surface area contributed by atoms with Crippen LogP contribution in [0.4, 0.5) is 34.1 Å². The van der Waals surface area contributed by atoms with Crippen LogP contribution in [0.3, 0.4) is 0 Å². The fourth-order valence-electron chi connectivity index (χ4n) is 11.2. The van der Waals surface area contributed by atoms with Gasteiger partial charge in [-0.05, 0) is 151 Å². The second-order valence-electron chi connectivity index (χ2n) is 19.2. The van der Waals surface area contributed by atoms with Crippen molar-refractivity contribution in [3.8, 4) is 52.9 Å². The molecule has 0 saturated heterocycles. The topological polar surface area (TPSA) is 6.48 Å². The standard InChI is InChI=1S/C72H48N2S2/c1-3-21-53(22-4-1)73(67-34-16-32-63-61(31-15-33-66(63)67)59-29-13-19-49-17-7-9-25-57(49)59)55-39-35-51(36-40-55)69-45-47-71(75-69)72-48-46-70(76-72)52-37-41-56(42-38-52)74(54-23-5-2-6-24-54)68-44-43-64(62-27-11-12-28-65(62)68)60-30-14-20-50-18-8-10-26-58(50)60/h1-48H. The minimum atomic E-state index is 1.11. The number of fused-ring (bicyclic) bond motifs is 4. The molecule has 2 aromatic heterocycles. The molecule has 0 N–H and O–H groups in total. The highest BCUT2D eigenvalue weighted by Gasteiger charge is 2.21. The minimum Gasteiger partial charge on any atom is -0.310 e. The summed E-state index contributed by atoms with van der Waals surface area (Å²) in [7, 11) is 0. The van der Waals surface area contributed by atoms with Crippen LogP contribution in [0.2, 0.25) is 0 Å². The normalized spacial score (nSPS) is 11.4. The zero-order valence-electron chi connectivity index (χ0n) is 41.4. The van der Waals surface area contributed by atoms with Gasteiger partial charge in [-0.3, -0.25) is 0 Å². The Kier molecular flexibility index (Phi) is 11.6. The van der Waals surface area contributed by atoms with E-state index in [0.717, 1.165) is 34.1 Å². The Labute approximate surface area is 450 Å². The number of para-hydroxylation sites is 2. The molecule has 4 heteroatoms. The van der Waals surface area contributed by atoms with E-state index in [1.165, 1.54) is 96.0 Å². The molecule has 358 valence electrons. The van der Waals surface area contributed by atoms with E-state index >= 15 is 0 Å². The Morgan fingerprint density at radius 2 is 0.526 bits per heavy atom. The maximum Gasteiger partial charge on any atom is 0.0540 e. The summed E-state index contributed by atoms with van der Waals surface area (Å²) in [5.74, 6) is 0. The van der Waals surface area contributed by atoms with Gasteiger partial charge in [0, 0.05) is 53.0 Å². The third kappa shape index (κ3) is 8.22. The van der Waals surface area contributed by atoms with Crippen molar-refractivity contribution in [3.63, 3.8) is 0 Å². The van der Waals surface area contributed by atoms with Crippen molar-refractivity contribution in [1.29, 1.82) is 0 Å². The molecule has 0 saturated carbocycles. The van der Waals surface area contributed by atoms with Gasteiger partial charge in [-0.2, -0.15) is 0 Å². The van der Waals surface area contributed by atoms with Crippen LogP contribution < -0.4 is 9.80 Å². The molecule has 2 heterocycles. The molecule has 14 rings (SSSR count). The van der Waals surface area contributed by atoms with Gasteiger partial charge in [0.1, 0.15) is 0 Å². The summed E-state index contributed by atoms with van der Waals surface area (Å²) in [6.07, 6.45) is 0. The summed E-state index contributed by atoms with van der Waals surface area (Å²) in [6, 6.07) is 106. The van der Waals surface area contributed by atoms with Gasteiger partial charge in [0.15, 0.2) is 0 Å². The van der Waals surface area contributed by atoms with Crippen LogP contribution >= 0.6 is 22.7 Å². The lowest BCUT2D eigenvalue weighted by atomic mass is 9.93. The first-order chi connectivity index (χ1) is 37.7. The molecule has 14 aromatic rings. The van der Waals surface area contributed by atoms with E-state index in [1.807, 2.05) is 22.7 Å². The third-order valence-corrected chi connectivity index (χ3v) is 17.2. The summed E-state index contributed by atoms with van der Waals surface area (Å²) in [6.45, 7) is 0. The first kappa shape index (κ1) is 45.3. The van der Waals surface area contributed by atoms with Crippen LogP contribution in [0.25, 0.3) is 96.0 Å². The van der Waals surface area contributed by atoms with Crippen molar-refractivity contribution in [2.45, 2.75) is 0 Å². The van der Waals surface area contributed by atoms with Crippen molar-refractivity contribution in [3.05, 3.63) is 291 Å². The lowest BCUT2D eigenvalue weighted by Crippen LogP contribution is -2.10. The molecule has 0 radical (unpaired) electrons. The van der Waals surface area contributed by atoms with Crippen LogP contribution in [-0.2, 0) is 0 Å². The monoisotopic (exact) mass is 1000 g/mol. The summed E-state index contributed by atoms with van der Waals surface area (Å²) in [4.78, 5) is 9.81. The zero-order chi connectivity index (χ0) is 50.4. The Hall–Kier alpha value is -9.32. The van der Waals surface area contributed by atoms with E-state index in [-0.39, 0.29) is 0 Å². The fourth-order valence-corrected chi connectivity index (χ4v) is 13.3. The largest absolute Gasteiger partial charge is 0.310 e. The Morgan fingerprint density at radius 1 is 0.197 bits per heavy atom. The summed E-state index contributed by atoms with van der Waals surface area (Å²) >= 11 is 3.70. The molecular weight excluding hydrogens is 957 g/mol. The molecule has 0 aliphatic heterocycles. The smallest absolute Gasteiger partial charge is 0.0540 e. The minimum absolute atomic E-state index is 1.11. The van der Waals surface area contributed by atoms with Gasteiger partial charge in [-0.25, -0.2) is 0 Å². The number of anilines is 6. The Balaban J connectivity index is 0.748. The van der Waals surface area contributed by atoms with Crippen LogP contribution in [-0.4, -0.2) is 0 Å². The number of hydrogen-bond acceptors (Lipinski definition) is 4. The second kappa shape index (κ2) is 19.5. The van der Waals surface area contributed by atoms with Crippen LogP contribution in [0.1, 0.15) is 0 Å². The maximum atomic E-state index is 2.39. The predicted molar refractivity (Wildman–Crippen MR) is 329 cm³/mol. The molecule has 0 fully saturated rings. The van der Waals surface area contributed by atoms with E-state index in [4.69, 9.17) is 0 Å². The lowest BCUT2D eigenvalue weighted by molar-refractivity contribution is 1.30. The number of thiophene rings is 2. The maximum absolute atomic E-state index is 2.39. The molecule has 0 atom stereocenters. The van der Waals surface area contributed by atoms with Crippen LogP contribution in [0, 0.1) is 0 Å². The summed E-state index contributed by atoms with van der Waals surface area (Å²) < 4.78 is 0. The van der Waals surface area contributed by atoms with E-state index in [2.05, 4.69) is 301 Å². The van der Waals surface area contributed by atoms with Gasteiger partial charge in [0.05, 0.1) is 11.4 Å². The van der Waals surface area contributed by atoms with Crippen molar-refractivity contribution in [2.75, 3.05) is 9.80 Å². The molecule has 0 spiro atoms. The molecule has 0 aliphatic carbocycles. The first-order valence-corrected chi connectivity index (χ1v) is 27.4. The van der Waals surface area contributed by atoms with E-state index in [1.54, 1.807) is 0 Å². The Bertz CT molecular complexity index is 4150. The highest BCUT2D eigenvalue weighted by molar-refractivity contribution is 7.25. The highest BCUT2D eigenvalue weighted by atomic mass is 32.1. The lowest BCUT2D eigenvalue weighted by Gasteiger charge is -2.27. The Morgan fingerprint density at radius 3 is 1.04 bits per heavy atom. The van der Waals surface area contributed by atoms with Gasteiger partial charge in [-0.1, -0.05) is 206 Å². The first-order valence-electron chi connectivity index (χ1n) is 25.8. The highest BCUT2D eigenvalue weighted by Crippen LogP contribution is 2.47. The fraction of sp³-hybridized carbons (Fsp3) is 0. The zero-order valence-corrected chi connectivity index (χ0v) is 43.1. The van der Waals surface area contributed by atoms with Gasteiger partial charge < -0.3 is 9.80 Å². The summed E-state index contributed by atoms with van der Waals surface area (Å²) in [5, 5.41) is 9.88. The molecule has 76 heavy (non-hydrogen) atoms. The van der Waals surface area contributed by atoms with Crippen LogP contribution in [0.5, 0.6) is 0 Å². The van der Waals surface area contributed by atoms with E-state index in [0.29, 0.717) is 0 Å². The molecule has 12 aromatic carbocycles. The molecule has 0 unspecified atom stereocenters. The van der Waals surface area contributed by atoms with Crippen molar-refractivity contribution in [1.82, 2.24) is 0 Å². The quantitative estimate of drug-likeness (QED) is 0.127. The van der Waals surface area contributed by atoms with Gasteiger partial charge in [0.2, 0.25) is 0 Å². The molecular formula is C72H48N2S2. The van der Waals surface area contributed by atoms with Gasteiger partial charge in [-0.15, -0.1) is 22.7 Å². The molecule has 0 bridgehead atoms. The molecule has 0 amide bonds. The third-order valence-electron chi connectivity index (χ3n) is 14.7. The molecule has 2 nitrogen and oxygen atoms in total. The van der Waals surface area contributed by atoms with Crippen molar-refractivity contribution < 1.29 is 0 Å². The average molecular weight is 1010 g/mol. The number of nitrogens with zero attached hydrogens (tertiary/aromatic N) is 2. The van der Waals surface area contributed by atoms with Gasteiger partial charge in [0.25, 0.3) is 0 Å². The summed E-state index contributed by atoms with van der Waals surface area (Å²) in [5.41, 5.74) is 14.1. The van der Waals surface area contributed by atoms with E-state index < -0.39 is 0 Å². The van der Waals surface area contributed by atoms with Crippen LogP contribution in [0.15, 0.2) is 291 Å². The molecule has 0 aliphatic rings. The number of hydrogen-bond donors (Lipinski definition) is 0. The second-order valence-corrected chi connectivity index (χ2v) is 21.3. The number of benzene rings is 12. The van der Waals surface area contributed by atoms with Crippen molar-refractivity contribution in [2.24, 2.45) is 0 Å². The SMILES string of the molecule is c1ccc(N(c2ccc(-c3ccc(-c4ccc(-c5ccc(N(c6ccccc6)c6ccc(-c7cccc8ccccc78)c7ccccc67)cc5)s4)s3)cc2)c2cccc3c(-c4cccc5ccccc45)cccc23)cc1.